The number of rotatable bonds is 3. The first kappa shape index (κ1) is 8.66. The van der Waals surface area contributed by atoms with Crippen LogP contribution in [-0.2, 0) is 13.2 Å². The average molecular weight is 171 g/mol. The summed E-state index contributed by atoms with van der Waals surface area (Å²) < 4.78 is 1.40. The number of aryl methyl sites for hydroxylation is 1. The molecule has 1 N–H and O–H groups in total. The number of aromatic nitrogens is 2. The molecule has 0 saturated heterocycles. The van der Waals surface area contributed by atoms with Crippen molar-refractivity contribution in [3.63, 3.8) is 0 Å². The molecule has 0 aliphatic rings. The van der Waals surface area contributed by atoms with Gasteiger partial charge in [0.1, 0.15) is 0 Å². The van der Waals surface area contributed by atoms with Crippen molar-refractivity contribution in [3.8, 4) is 0 Å². The van der Waals surface area contributed by atoms with Gasteiger partial charge in [0.05, 0.1) is 30.0 Å². The van der Waals surface area contributed by atoms with Crippen molar-refractivity contribution in [2.75, 3.05) is 0 Å². The summed E-state index contributed by atoms with van der Waals surface area (Å²) in [5, 5.41) is 22.7. The van der Waals surface area contributed by atoms with E-state index < -0.39 is 4.92 Å². The summed E-state index contributed by atoms with van der Waals surface area (Å²) in [6.45, 7) is 2.09. The number of hydrogen-bond donors (Lipinski definition) is 1. The minimum atomic E-state index is -0.578. The highest BCUT2D eigenvalue weighted by molar-refractivity contribution is 5.21. The molecule has 0 atom stereocenters. The summed E-state index contributed by atoms with van der Waals surface area (Å²) in [7, 11) is 0. The average Bonchev–Trinajstić information content (AvgIpc) is 2.46. The van der Waals surface area contributed by atoms with E-state index in [1.807, 2.05) is 0 Å². The number of nitrogens with zero attached hydrogens (tertiary/aromatic N) is 3. The van der Waals surface area contributed by atoms with Gasteiger partial charge in [-0.2, -0.15) is 4.68 Å². The molecule has 0 aromatic carbocycles. The number of aliphatic hydroxyl groups excluding tert-OH is 1. The van der Waals surface area contributed by atoms with E-state index in [0.29, 0.717) is 12.2 Å². The van der Waals surface area contributed by atoms with E-state index >= 15 is 0 Å². The first-order chi connectivity index (χ1) is 5.69. The lowest BCUT2D eigenvalue weighted by Crippen LogP contribution is -2.02. The van der Waals surface area contributed by atoms with Gasteiger partial charge in [0, 0.05) is 0 Å². The minimum Gasteiger partial charge on any atom is -0.390 e. The van der Waals surface area contributed by atoms with Gasteiger partial charge in [0.25, 0.3) is 0 Å². The van der Waals surface area contributed by atoms with E-state index in [9.17, 15) is 10.1 Å². The van der Waals surface area contributed by atoms with Gasteiger partial charge >= 0.3 is 5.82 Å². The molecule has 1 aromatic rings. The summed E-state index contributed by atoms with van der Waals surface area (Å²) in [4.78, 5) is 9.67. The van der Waals surface area contributed by atoms with Crippen LogP contribution in [0.4, 0.5) is 5.82 Å². The zero-order valence-corrected chi connectivity index (χ0v) is 6.60. The Labute approximate surface area is 68.6 Å². The molecule has 1 heterocycles. The third-order valence-electron chi connectivity index (χ3n) is 1.50. The van der Waals surface area contributed by atoms with Crippen LogP contribution in [0.2, 0.25) is 0 Å². The van der Waals surface area contributed by atoms with E-state index in [0.717, 1.165) is 0 Å². The number of aliphatic hydroxyl groups is 1. The van der Waals surface area contributed by atoms with Gasteiger partial charge in [-0.3, -0.25) is 0 Å². The first-order valence-electron chi connectivity index (χ1n) is 3.51. The fraction of sp³-hybridized carbons (Fsp3) is 0.500. The van der Waals surface area contributed by atoms with E-state index in [2.05, 4.69) is 5.10 Å². The summed E-state index contributed by atoms with van der Waals surface area (Å²) in [5.74, 6) is -0.221. The van der Waals surface area contributed by atoms with Gasteiger partial charge in [-0.25, -0.2) is 0 Å². The Bertz CT molecular complexity index is 273. The van der Waals surface area contributed by atoms with Crippen LogP contribution in [-0.4, -0.2) is 19.8 Å². The van der Waals surface area contributed by atoms with Crippen molar-refractivity contribution in [1.82, 2.24) is 9.78 Å². The Morgan fingerprint density at radius 1 is 1.83 bits per heavy atom. The van der Waals surface area contributed by atoms with Crippen LogP contribution in [0.15, 0.2) is 6.07 Å². The Morgan fingerprint density at radius 3 is 2.83 bits per heavy atom. The monoisotopic (exact) mass is 171 g/mol. The zero-order chi connectivity index (χ0) is 9.14. The third kappa shape index (κ3) is 1.42. The summed E-state index contributed by atoms with van der Waals surface area (Å²) in [5.41, 5.74) is 0.462. The van der Waals surface area contributed by atoms with E-state index in [-0.39, 0.29) is 12.4 Å². The molecule has 66 valence electrons. The SMILES string of the molecule is CCn1nc([N+](=O)[O-])cc1CO. The standard InChI is InChI=1S/C6H9N3O3/c1-2-8-5(4-10)3-6(7-8)9(11)12/h3,10H,2,4H2,1H3. The van der Waals surface area contributed by atoms with Crippen molar-refractivity contribution in [3.05, 3.63) is 21.9 Å². The molecular weight excluding hydrogens is 162 g/mol. The van der Waals surface area contributed by atoms with Crippen molar-refractivity contribution in [2.24, 2.45) is 0 Å². The zero-order valence-electron chi connectivity index (χ0n) is 6.60. The molecule has 0 bridgehead atoms. The Hall–Kier alpha value is -1.43. The molecule has 12 heavy (non-hydrogen) atoms. The topological polar surface area (TPSA) is 81.2 Å². The van der Waals surface area contributed by atoms with E-state index in [1.165, 1.54) is 10.7 Å². The molecule has 0 radical (unpaired) electrons. The largest absolute Gasteiger partial charge is 0.390 e. The second-order valence-electron chi connectivity index (χ2n) is 2.22. The quantitative estimate of drug-likeness (QED) is 0.524. The van der Waals surface area contributed by atoms with Crippen LogP contribution in [0.1, 0.15) is 12.6 Å². The molecule has 0 unspecified atom stereocenters. The Balaban J connectivity index is 3.05. The van der Waals surface area contributed by atoms with Crippen LogP contribution in [0.25, 0.3) is 0 Å². The lowest BCUT2D eigenvalue weighted by molar-refractivity contribution is -0.389. The third-order valence-corrected chi connectivity index (χ3v) is 1.50. The highest BCUT2D eigenvalue weighted by Crippen LogP contribution is 2.11. The second kappa shape index (κ2) is 3.31. The predicted octanol–water partition coefficient (Wildman–Crippen LogP) is 0.303. The highest BCUT2D eigenvalue weighted by atomic mass is 16.6. The Morgan fingerprint density at radius 2 is 2.50 bits per heavy atom. The molecule has 0 aliphatic heterocycles. The molecule has 0 saturated carbocycles. The fourth-order valence-corrected chi connectivity index (χ4v) is 0.931. The van der Waals surface area contributed by atoms with Gasteiger partial charge in [-0.15, -0.1) is 0 Å². The number of hydrogen-bond acceptors (Lipinski definition) is 4. The van der Waals surface area contributed by atoms with E-state index in [1.54, 1.807) is 6.92 Å². The van der Waals surface area contributed by atoms with Crippen LogP contribution < -0.4 is 0 Å². The van der Waals surface area contributed by atoms with Gasteiger partial charge in [0.2, 0.25) is 0 Å². The molecule has 6 nitrogen and oxygen atoms in total. The Kier molecular flexibility index (Phi) is 2.39. The van der Waals surface area contributed by atoms with Crippen molar-refractivity contribution in [2.45, 2.75) is 20.1 Å². The molecule has 1 rings (SSSR count). The maximum Gasteiger partial charge on any atom is 0.390 e. The van der Waals surface area contributed by atoms with Gasteiger partial charge in [-0.1, -0.05) is 0 Å². The molecule has 0 aliphatic carbocycles. The van der Waals surface area contributed by atoms with Gasteiger partial charge in [-0.05, 0) is 11.8 Å². The van der Waals surface area contributed by atoms with E-state index in [4.69, 9.17) is 5.11 Å². The van der Waals surface area contributed by atoms with Gasteiger partial charge in [0.15, 0.2) is 0 Å². The van der Waals surface area contributed by atoms with Crippen LogP contribution in [0.3, 0.4) is 0 Å². The molecule has 0 fully saturated rings. The smallest absolute Gasteiger partial charge is 0.390 e. The van der Waals surface area contributed by atoms with Crippen LogP contribution in [0, 0.1) is 10.1 Å². The lowest BCUT2D eigenvalue weighted by atomic mass is 10.4. The molecule has 1 aromatic heterocycles. The maximum atomic E-state index is 10.2. The first-order valence-corrected chi connectivity index (χ1v) is 3.51. The summed E-state index contributed by atoms with van der Waals surface area (Å²) in [6, 6.07) is 1.27. The van der Waals surface area contributed by atoms with Crippen molar-refractivity contribution >= 4 is 5.82 Å². The fourth-order valence-electron chi connectivity index (χ4n) is 0.931. The molecular formula is C6H9N3O3. The molecule has 0 spiro atoms. The summed E-state index contributed by atoms with van der Waals surface area (Å²) in [6.07, 6.45) is 0. The van der Waals surface area contributed by atoms with Crippen LogP contribution >= 0.6 is 0 Å². The molecule has 0 amide bonds. The minimum absolute atomic E-state index is 0.221. The second-order valence-corrected chi connectivity index (χ2v) is 2.22. The molecule has 6 heteroatoms. The summed E-state index contributed by atoms with van der Waals surface area (Å²) >= 11 is 0. The highest BCUT2D eigenvalue weighted by Gasteiger charge is 2.15. The van der Waals surface area contributed by atoms with Crippen LogP contribution in [0.5, 0.6) is 0 Å². The van der Waals surface area contributed by atoms with Crippen molar-refractivity contribution in [1.29, 1.82) is 0 Å². The predicted molar refractivity (Wildman–Crippen MR) is 40.5 cm³/mol. The van der Waals surface area contributed by atoms with Gasteiger partial charge < -0.3 is 15.2 Å². The van der Waals surface area contributed by atoms with Crippen molar-refractivity contribution < 1.29 is 10.0 Å². The normalized spacial score (nSPS) is 10.2. The lowest BCUT2D eigenvalue weighted by Gasteiger charge is -1.92. The maximum absolute atomic E-state index is 10.2. The number of nitro groups is 1.